The smallest absolute Gasteiger partial charge is 0.254 e. The molecule has 2 atom stereocenters. The van der Waals surface area contributed by atoms with Gasteiger partial charge in [-0.3, -0.25) is 24.5 Å². The Bertz CT molecular complexity index is 2010. The van der Waals surface area contributed by atoms with Gasteiger partial charge in [-0.1, -0.05) is 36.4 Å². The third-order valence-electron chi connectivity index (χ3n) is 14.3. The van der Waals surface area contributed by atoms with Gasteiger partial charge in [0.1, 0.15) is 0 Å². The lowest BCUT2D eigenvalue weighted by molar-refractivity contribution is -0.134. The van der Waals surface area contributed by atoms with E-state index in [1.165, 1.54) is 63.7 Å². The van der Waals surface area contributed by atoms with Crippen molar-refractivity contribution in [2.24, 2.45) is 0 Å². The molecule has 0 aromatic heterocycles. The van der Waals surface area contributed by atoms with E-state index in [1.54, 1.807) is 23.8 Å². The molecule has 3 amide bonds. The average Bonchev–Trinajstić information content (AvgIpc) is 3.32. The lowest BCUT2D eigenvalue weighted by Gasteiger charge is -2.42. The molecule has 0 radical (unpaired) electrons. The van der Waals surface area contributed by atoms with E-state index < -0.39 is 0 Å². The van der Waals surface area contributed by atoms with Gasteiger partial charge in [-0.15, -0.1) is 0 Å². The van der Waals surface area contributed by atoms with Gasteiger partial charge < -0.3 is 29.1 Å². The SMILES string of the molecule is CCOc1cc(C(CSC)N(C)C(=O)c2ccc(C3CCN(CCCCN4CCC(N5CCC(c6ccc(C7CCC(=O)NC7=O)cc6)CC5)CC4)CC3)cc2C=O)ccc1OC. The number of imide groups is 1. The zero-order valence-electron chi connectivity index (χ0n) is 38.0. The number of nitrogens with zero attached hydrogens (tertiary/aromatic N) is 4. The fourth-order valence-corrected chi connectivity index (χ4v) is 11.2. The highest BCUT2D eigenvalue weighted by Gasteiger charge is 2.31. The molecule has 63 heavy (non-hydrogen) atoms. The van der Waals surface area contributed by atoms with Gasteiger partial charge in [0, 0.05) is 30.8 Å². The van der Waals surface area contributed by atoms with Crippen molar-refractivity contribution in [3.8, 4) is 11.5 Å². The number of unbranched alkanes of at least 4 members (excludes halogenated alkanes) is 1. The second-order valence-electron chi connectivity index (χ2n) is 18.1. The van der Waals surface area contributed by atoms with Crippen LogP contribution < -0.4 is 14.8 Å². The second-order valence-corrected chi connectivity index (χ2v) is 19.0. The quantitative estimate of drug-likeness (QED) is 0.0770. The predicted octanol–water partition coefficient (Wildman–Crippen LogP) is 7.91. The number of methoxy groups -OCH3 is 1. The Kier molecular flexibility index (Phi) is 16.8. The number of benzene rings is 3. The molecule has 12 heteroatoms. The molecule has 0 saturated carbocycles. The summed E-state index contributed by atoms with van der Waals surface area (Å²) in [6, 6.07) is 20.8. The number of hydrogen-bond donors (Lipinski definition) is 1. The fraction of sp³-hybridized carbons (Fsp3) is 0.569. The summed E-state index contributed by atoms with van der Waals surface area (Å²) in [5.74, 6) is 2.25. The first-order chi connectivity index (χ1) is 30.7. The van der Waals surface area contributed by atoms with E-state index in [1.807, 2.05) is 50.6 Å². The van der Waals surface area contributed by atoms with Gasteiger partial charge in [-0.25, -0.2) is 0 Å². The first-order valence-corrected chi connectivity index (χ1v) is 24.9. The summed E-state index contributed by atoms with van der Waals surface area (Å²) >= 11 is 1.67. The van der Waals surface area contributed by atoms with E-state index in [-0.39, 0.29) is 29.7 Å². The van der Waals surface area contributed by atoms with Crippen molar-refractivity contribution >= 4 is 35.8 Å². The number of piperidine rings is 4. The topological polar surface area (TPSA) is 112 Å². The Hall–Kier alpha value is -4.23. The van der Waals surface area contributed by atoms with E-state index in [2.05, 4.69) is 50.3 Å². The van der Waals surface area contributed by atoms with E-state index in [0.29, 0.717) is 65.7 Å². The summed E-state index contributed by atoms with van der Waals surface area (Å²) in [7, 11) is 3.44. The average molecular weight is 880 g/mol. The van der Waals surface area contributed by atoms with Crippen molar-refractivity contribution in [2.75, 3.05) is 85.1 Å². The number of thioether (sulfide) groups is 1. The van der Waals surface area contributed by atoms with E-state index in [4.69, 9.17) is 9.47 Å². The van der Waals surface area contributed by atoms with Crippen molar-refractivity contribution in [3.05, 3.63) is 94.0 Å². The molecular weight excluding hydrogens is 811 g/mol. The summed E-state index contributed by atoms with van der Waals surface area (Å²) in [5, 5.41) is 2.49. The van der Waals surface area contributed by atoms with Crippen LogP contribution in [0, 0.1) is 0 Å². The molecule has 11 nitrogen and oxygen atoms in total. The Balaban J connectivity index is 0.798. The summed E-state index contributed by atoms with van der Waals surface area (Å²) in [6.07, 6.45) is 13.3. The number of aldehydes is 1. The third-order valence-corrected chi connectivity index (χ3v) is 15.0. The molecule has 4 aliphatic rings. The first-order valence-electron chi connectivity index (χ1n) is 23.5. The summed E-state index contributed by atoms with van der Waals surface area (Å²) in [4.78, 5) is 60.0. The maximum absolute atomic E-state index is 14.0. The highest BCUT2D eigenvalue weighted by Crippen LogP contribution is 2.36. The van der Waals surface area contributed by atoms with Gasteiger partial charge in [0.2, 0.25) is 11.8 Å². The van der Waals surface area contributed by atoms with Crippen LogP contribution in [-0.2, 0) is 9.59 Å². The van der Waals surface area contributed by atoms with E-state index in [9.17, 15) is 19.2 Å². The number of carbonyl (C=O) groups is 4. The number of likely N-dealkylation sites (tertiary alicyclic amines) is 3. The van der Waals surface area contributed by atoms with Crippen LogP contribution in [0.5, 0.6) is 11.5 Å². The molecule has 4 aliphatic heterocycles. The Morgan fingerprint density at radius 2 is 1.43 bits per heavy atom. The monoisotopic (exact) mass is 879 g/mol. The van der Waals surface area contributed by atoms with Gasteiger partial charge >= 0.3 is 0 Å². The van der Waals surface area contributed by atoms with Crippen LogP contribution in [0.15, 0.2) is 60.7 Å². The van der Waals surface area contributed by atoms with Crippen molar-refractivity contribution in [3.63, 3.8) is 0 Å². The number of rotatable bonds is 18. The first kappa shape index (κ1) is 46.8. The van der Waals surface area contributed by atoms with Gasteiger partial charge in [0.05, 0.1) is 31.2 Å². The van der Waals surface area contributed by atoms with Crippen LogP contribution in [-0.4, -0.2) is 135 Å². The molecule has 4 fully saturated rings. The summed E-state index contributed by atoms with van der Waals surface area (Å²) < 4.78 is 11.3. The van der Waals surface area contributed by atoms with Crippen LogP contribution in [0.3, 0.4) is 0 Å². The highest BCUT2D eigenvalue weighted by atomic mass is 32.2. The fourth-order valence-electron chi connectivity index (χ4n) is 10.5. The molecular formula is C51H69N5O6S. The lowest BCUT2D eigenvalue weighted by Crippen LogP contribution is -2.47. The number of carbonyl (C=O) groups excluding carboxylic acids is 4. The van der Waals surface area contributed by atoms with Gasteiger partial charge in [-0.05, 0) is 182 Å². The van der Waals surface area contributed by atoms with E-state index in [0.717, 1.165) is 68.5 Å². The number of ether oxygens (including phenoxy) is 2. The maximum Gasteiger partial charge on any atom is 0.254 e. The molecule has 0 aliphatic carbocycles. The van der Waals surface area contributed by atoms with Crippen molar-refractivity contribution in [2.45, 2.75) is 101 Å². The van der Waals surface area contributed by atoms with Crippen molar-refractivity contribution < 1.29 is 28.7 Å². The Morgan fingerprint density at radius 3 is 2.05 bits per heavy atom. The minimum Gasteiger partial charge on any atom is -0.493 e. The molecule has 3 aromatic carbocycles. The highest BCUT2D eigenvalue weighted by molar-refractivity contribution is 7.98. The van der Waals surface area contributed by atoms with Crippen LogP contribution in [0.25, 0.3) is 0 Å². The standard InChI is InChI=1S/C51H69N5O6S/c1-5-62-48-33-41(13-16-47(48)61-3)46(35-63-4)53(2)51(60)45-14-12-40(32-42(45)34-57)38-18-26-54(27-19-38)24-6-7-25-55-28-22-43(23-29-55)56-30-20-37(21-31-56)36-8-10-39(11-9-36)44-15-17-49(58)52-50(44)59/h8-14,16,32-34,37-38,43-44,46H,5-7,15,17-31,35H2,1-4H3,(H,52,58,59). The van der Waals surface area contributed by atoms with Gasteiger partial charge in [0.25, 0.3) is 5.91 Å². The molecule has 2 unspecified atom stereocenters. The molecule has 7 rings (SSSR count). The maximum atomic E-state index is 14.0. The zero-order chi connectivity index (χ0) is 44.3. The largest absolute Gasteiger partial charge is 0.493 e. The number of hydrogen-bond acceptors (Lipinski definition) is 10. The molecule has 340 valence electrons. The predicted molar refractivity (Wildman–Crippen MR) is 251 cm³/mol. The third kappa shape index (κ3) is 11.7. The second kappa shape index (κ2) is 22.6. The molecule has 0 bridgehead atoms. The Labute approximate surface area is 379 Å². The minimum atomic E-state index is -0.216. The molecule has 4 saturated heterocycles. The zero-order valence-corrected chi connectivity index (χ0v) is 38.8. The van der Waals surface area contributed by atoms with Crippen LogP contribution in [0.2, 0.25) is 0 Å². The summed E-state index contributed by atoms with van der Waals surface area (Å²) in [5.41, 5.74) is 5.40. The van der Waals surface area contributed by atoms with E-state index >= 15 is 0 Å². The normalized spacial score (nSPS) is 20.6. The molecule has 4 heterocycles. The molecule has 3 aromatic rings. The minimum absolute atomic E-state index is 0.164. The van der Waals surface area contributed by atoms with Gasteiger partial charge in [0.15, 0.2) is 17.8 Å². The molecule has 1 N–H and O–H groups in total. The molecule has 0 spiro atoms. The van der Waals surface area contributed by atoms with Crippen LogP contribution in [0.4, 0.5) is 0 Å². The van der Waals surface area contributed by atoms with Crippen LogP contribution >= 0.6 is 11.8 Å². The van der Waals surface area contributed by atoms with Gasteiger partial charge in [-0.2, -0.15) is 11.8 Å². The Morgan fingerprint density at radius 1 is 0.810 bits per heavy atom. The van der Waals surface area contributed by atoms with Crippen molar-refractivity contribution in [1.82, 2.24) is 24.9 Å². The lowest BCUT2D eigenvalue weighted by atomic mass is 9.85. The van der Waals surface area contributed by atoms with Crippen molar-refractivity contribution in [1.29, 1.82) is 0 Å². The number of nitrogens with one attached hydrogen (secondary N) is 1. The summed E-state index contributed by atoms with van der Waals surface area (Å²) in [6.45, 7) is 11.6. The van der Waals surface area contributed by atoms with Crippen LogP contribution in [0.1, 0.15) is 138 Å². The number of amides is 3.